The summed E-state index contributed by atoms with van der Waals surface area (Å²) in [5.41, 5.74) is 3.58. The monoisotopic (exact) mass is 287 g/mol. The maximum atomic E-state index is 12.9. The number of hydrogen-bond donors (Lipinski definition) is 2. The number of rotatable bonds is 1. The summed E-state index contributed by atoms with van der Waals surface area (Å²) in [6, 6.07) is 3.10. The Balaban J connectivity index is 2.11. The van der Waals surface area contributed by atoms with Crippen molar-refractivity contribution < 1.29 is 22.6 Å². The molecule has 1 aromatic carbocycles. The molecule has 0 saturated heterocycles. The van der Waals surface area contributed by atoms with E-state index in [4.69, 9.17) is 15.2 Å². The first-order valence-electron chi connectivity index (χ1n) is 5.94. The van der Waals surface area contributed by atoms with E-state index in [1.807, 2.05) is 0 Å². The fraction of sp³-hybridized carbons (Fsp3) is 0.417. The third-order valence-corrected chi connectivity index (χ3v) is 3.23. The van der Waals surface area contributed by atoms with Crippen LogP contribution in [0.1, 0.15) is 12.7 Å². The first-order chi connectivity index (χ1) is 9.29. The highest BCUT2D eigenvalue weighted by molar-refractivity contribution is 5.80. The lowest BCUT2D eigenvalue weighted by Crippen LogP contribution is -2.48. The number of aromatic amines is 1. The molecule has 3 rings (SSSR count). The molecule has 0 spiro atoms. The Morgan fingerprint density at radius 2 is 1.80 bits per heavy atom. The standard InChI is InChI=1S/C12H12F3N3O2/c1-11(16,12(13,14)15)10-17-6-4-8-9(5-7(6)18-10)20-3-2-19-8/h4-5H,2-3,16H2,1H3,(H,17,18). The number of nitrogens with one attached hydrogen (secondary N) is 1. The molecule has 0 radical (unpaired) electrons. The number of hydrogen-bond acceptors (Lipinski definition) is 4. The molecular weight excluding hydrogens is 275 g/mol. The van der Waals surface area contributed by atoms with Crippen LogP contribution in [-0.4, -0.2) is 29.4 Å². The summed E-state index contributed by atoms with van der Waals surface area (Å²) in [6.45, 7) is 1.67. The Morgan fingerprint density at radius 1 is 1.20 bits per heavy atom. The highest BCUT2D eigenvalue weighted by Gasteiger charge is 2.51. The molecule has 1 unspecified atom stereocenters. The fourth-order valence-corrected chi connectivity index (χ4v) is 1.93. The lowest BCUT2D eigenvalue weighted by Gasteiger charge is -2.24. The number of H-pyrrole nitrogens is 1. The number of fused-ring (bicyclic) bond motifs is 2. The van der Waals surface area contributed by atoms with Crippen molar-refractivity contribution in [3.05, 3.63) is 18.0 Å². The molecule has 5 nitrogen and oxygen atoms in total. The third-order valence-electron chi connectivity index (χ3n) is 3.23. The Labute approximate surface area is 111 Å². The summed E-state index contributed by atoms with van der Waals surface area (Å²) >= 11 is 0. The number of ether oxygens (including phenoxy) is 2. The zero-order chi connectivity index (χ0) is 14.5. The molecule has 3 N–H and O–H groups in total. The van der Waals surface area contributed by atoms with Gasteiger partial charge in [-0.05, 0) is 6.92 Å². The van der Waals surface area contributed by atoms with Crippen LogP contribution in [0.3, 0.4) is 0 Å². The molecule has 2 aromatic rings. The number of aromatic nitrogens is 2. The zero-order valence-corrected chi connectivity index (χ0v) is 10.5. The number of nitrogens with two attached hydrogens (primary N) is 1. The molecule has 1 atom stereocenters. The molecule has 8 heteroatoms. The van der Waals surface area contributed by atoms with Crippen molar-refractivity contribution in [1.82, 2.24) is 9.97 Å². The van der Waals surface area contributed by atoms with Crippen molar-refractivity contribution in [3.8, 4) is 11.5 Å². The maximum absolute atomic E-state index is 12.9. The molecular formula is C12H12F3N3O2. The number of halogens is 3. The lowest BCUT2D eigenvalue weighted by molar-refractivity contribution is -0.186. The molecule has 1 aliphatic rings. The average molecular weight is 287 g/mol. The quantitative estimate of drug-likeness (QED) is 0.842. The summed E-state index contributed by atoms with van der Waals surface area (Å²) in [6.07, 6.45) is -4.60. The molecule has 108 valence electrons. The molecule has 2 heterocycles. The van der Waals surface area contributed by atoms with Gasteiger partial charge in [0, 0.05) is 12.1 Å². The second kappa shape index (κ2) is 4.02. The Morgan fingerprint density at radius 3 is 2.40 bits per heavy atom. The van der Waals surface area contributed by atoms with E-state index in [0.717, 1.165) is 6.92 Å². The van der Waals surface area contributed by atoms with Gasteiger partial charge in [0.05, 0.1) is 11.0 Å². The topological polar surface area (TPSA) is 73.2 Å². The number of alkyl halides is 3. The van der Waals surface area contributed by atoms with E-state index in [9.17, 15) is 13.2 Å². The van der Waals surface area contributed by atoms with Crippen molar-refractivity contribution >= 4 is 11.0 Å². The van der Waals surface area contributed by atoms with Crippen LogP contribution in [0.4, 0.5) is 13.2 Å². The largest absolute Gasteiger partial charge is 0.486 e. The molecule has 0 aliphatic carbocycles. The van der Waals surface area contributed by atoms with Crippen LogP contribution >= 0.6 is 0 Å². The van der Waals surface area contributed by atoms with Gasteiger partial charge in [0.15, 0.2) is 17.0 Å². The van der Waals surface area contributed by atoms with Crippen LogP contribution in [0.25, 0.3) is 11.0 Å². The van der Waals surface area contributed by atoms with Gasteiger partial charge in [-0.15, -0.1) is 0 Å². The third kappa shape index (κ3) is 1.87. The zero-order valence-electron chi connectivity index (χ0n) is 10.5. The van der Waals surface area contributed by atoms with Gasteiger partial charge in [-0.1, -0.05) is 0 Å². The van der Waals surface area contributed by atoms with E-state index in [1.54, 1.807) is 6.07 Å². The van der Waals surface area contributed by atoms with Gasteiger partial charge in [0.25, 0.3) is 0 Å². The van der Waals surface area contributed by atoms with Crippen molar-refractivity contribution in [2.45, 2.75) is 18.6 Å². The lowest BCUT2D eigenvalue weighted by atomic mass is 10.0. The van der Waals surface area contributed by atoms with Crippen LogP contribution in [0.15, 0.2) is 12.1 Å². The van der Waals surface area contributed by atoms with Gasteiger partial charge in [-0.3, -0.25) is 0 Å². The summed E-state index contributed by atoms with van der Waals surface area (Å²) < 4.78 is 49.5. The van der Waals surface area contributed by atoms with Crippen LogP contribution in [0.5, 0.6) is 11.5 Å². The minimum atomic E-state index is -4.60. The molecule has 0 bridgehead atoms. The van der Waals surface area contributed by atoms with Gasteiger partial charge in [-0.2, -0.15) is 13.2 Å². The van der Waals surface area contributed by atoms with Crippen LogP contribution < -0.4 is 15.2 Å². The fourth-order valence-electron chi connectivity index (χ4n) is 1.93. The number of benzene rings is 1. The average Bonchev–Trinajstić information content (AvgIpc) is 2.77. The Kier molecular flexibility index (Phi) is 2.62. The van der Waals surface area contributed by atoms with Crippen molar-refractivity contribution in [3.63, 3.8) is 0 Å². The van der Waals surface area contributed by atoms with Crippen LogP contribution in [0.2, 0.25) is 0 Å². The summed E-state index contributed by atoms with van der Waals surface area (Å²) in [5.74, 6) is 0.597. The van der Waals surface area contributed by atoms with E-state index >= 15 is 0 Å². The molecule has 1 aromatic heterocycles. The smallest absolute Gasteiger partial charge is 0.413 e. The predicted octanol–water partition coefficient (Wildman–Crippen LogP) is 2.07. The van der Waals surface area contributed by atoms with Crippen LogP contribution in [0, 0.1) is 0 Å². The van der Waals surface area contributed by atoms with E-state index < -0.39 is 11.7 Å². The van der Waals surface area contributed by atoms with Crippen LogP contribution in [-0.2, 0) is 5.54 Å². The highest BCUT2D eigenvalue weighted by atomic mass is 19.4. The molecule has 0 amide bonds. The van der Waals surface area contributed by atoms with E-state index in [-0.39, 0.29) is 5.82 Å². The van der Waals surface area contributed by atoms with Gasteiger partial charge >= 0.3 is 6.18 Å². The highest BCUT2D eigenvalue weighted by Crippen LogP contribution is 2.38. The molecule has 1 aliphatic heterocycles. The van der Waals surface area contributed by atoms with Crippen molar-refractivity contribution in [1.29, 1.82) is 0 Å². The van der Waals surface area contributed by atoms with Crippen molar-refractivity contribution in [2.24, 2.45) is 5.73 Å². The van der Waals surface area contributed by atoms with Gasteiger partial charge in [-0.25, -0.2) is 4.98 Å². The van der Waals surface area contributed by atoms with Gasteiger partial charge in [0.2, 0.25) is 0 Å². The number of imidazole rings is 1. The summed E-state index contributed by atoms with van der Waals surface area (Å²) in [5, 5.41) is 0. The molecule has 0 saturated carbocycles. The normalized spacial score (nSPS) is 18.1. The van der Waals surface area contributed by atoms with E-state index in [1.165, 1.54) is 6.07 Å². The summed E-state index contributed by atoms with van der Waals surface area (Å²) in [4.78, 5) is 6.52. The first-order valence-corrected chi connectivity index (χ1v) is 5.94. The predicted molar refractivity (Wildman–Crippen MR) is 64.7 cm³/mol. The van der Waals surface area contributed by atoms with E-state index in [2.05, 4.69) is 9.97 Å². The summed E-state index contributed by atoms with van der Waals surface area (Å²) in [7, 11) is 0. The second-order valence-corrected chi connectivity index (χ2v) is 4.80. The Bertz CT molecular complexity index is 621. The Hall–Kier alpha value is -1.96. The SMILES string of the molecule is CC(N)(c1nc2cc3c(cc2[nH]1)OCCO3)C(F)(F)F. The minimum Gasteiger partial charge on any atom is -0.486 e. The van der Waals surface area contributed by atoms with Gasteiger partial charge in [0.1, 0.15) is 19.0 Å². The molecule has 20 heavy (non-hydrogen) atoms. The van der Waals surface area contributed by atoms with Crippen molar-refractivity contribution in [2.75, 3.05) is 13.2 Å². The van der Waals surface area contributed by atoms with E-state index in [0.29, 0.717) is 35.7 Å². The number of nitrogens with zero attached hydrogens (tertiary/aromatic N) is 1. The minimum absolute atomic E-state index is 0.345. The molecule has 0 fully saturated rings. The second-order valence-electron chi connectivity index (χ2n) is 4.80. The maximum Gasteiger partial charge on any atom is 0.413 e. The first kappa shape index (κ1) is 13.0. The van der Waals surface area contributed by atoms with Gasteiger partial charge < -0.3 is 20.2 Å².